The lowest BCUT2D eigenvalue weighted by Crippen LogP contribution is -2.36. The summed E-state index contributed by atoms with van der Waals surface area (Å²) in [5.74, 6) is 1.84. The van der Waals surface area contributed by atoms with Gasteiger partial charge in [-0.2, -0.15) is 0 Å². The van der Waals surface area contributed by atoms with Crippen LogP contribution in [0.1, 0.15) is 30.0 Å². The van der Waals surface area contributed by atoms with Crippen LogP contribution in [-0.4, -0.2) is 18.0 Å². The van der Waals surface area contributed by atoms with Gasteiger partial charge in [-0.25, -0.2) is 0 Å². The third kappa shape index (κ3) is 3.72. The molecule has 2 atom stereocenters. The number of likely N-dealkylation sites (N-methyl/N-ethyl adjacent to an activating group) is 1. The maximum atomic E-state index is 6.15. The number of aryl methyl sites for hydroxylation is 1. The number of hydrogen-bond donors (Lipinski definition) is 1. The summed E-state index contributed by atoms with van der Waals surface area (Å²) in [5, 5.41) is 0. The Hall–Kier alpha value is -1.10. The van der Waals surface area contributed by atoms with E-state index in [0.717, 1.165) is 22.5 Å². The highest BCUT2D eigenvalue weighted by molar-refractivity contribution is 9.10. The van der Waals surface area contributed by atoms with Gasteiger partial charge >= 0.3 is 0 Å². The van der Waals surface area contributed by atoms with E-state index in [1.165, 1.54) is 5.56 Å². The van der Waals surface area contributed by atoms with Crippen LogP contribution in [0.5, 0.6) is 0 Å². The number of halogens is 1. The molecule has 2 N–H and O–H groups in total. The van der Waals surface area contributed by atoms with Crippen molar-refractivity contribution in [2.24, 2.45) is 5.73 Å². The van der Waals surface area contributed by atoms with Crippen LogP contribution in [0.25, 0.3) is 0 Å². The van der Waals surface area contributed by atoms with Crippen molar-refractivity contribution in [2.45, 2.75) is 32.5 Å². The summed E-state index contributed by atoms with van der Waals surface area (Å²) in [6, 6.07) is 12.4. The van der Waals surface area contributed by atoms with Gasteiger partial charge in [0.25, 0.3) is 0 Å². The summed E-state index contributed by atoms with van der Waals surface area (Å²) < 4.78 is 6.85. The number of furan rings is 1. The van der Waals surface area contributed by atoms with Crippen LogP contribution < -0.4 is 5.73 Å². The smallest absolute Gasteiger partial charge is 0.122 e. The third-order valence-electron chi connectivity index (χ3n) is 3.35. The first-order valence-corrected chi connectivity index (χ1v) is 7.53. The maximum Gasteiger partial charge on any atom is 0.122 e. The Kier molecular flexibility index (Phi) is 5.02. The second-order valence-electron chi connectivity index (χ2n) is 5.30. The molecule has 2 rings (SSSR count). The summed E-state index contributed by atoms with van der Waals surface area (Å²) in [6.07, 6.45) is 0. The van der Waals surface area contributed by atoms with Crippen molar-refractivity contribution in [3.05, 3.63) is 58.0 Å². The molecule has 2 unspecified atom stereocenters. The van der Waals surface area contributed by atoms with Crippen molar-refractivity contribution in [1.29, 1.82) is 0 Å². The lowest BCUT2D eigenvalue weighted by atomic mass is 10.1. The van der Waals surface area contributed by atoms with E-state index in [0.29, 0.717) is 0 Å². The molecule has 1 aromatic carbocycles. The van der Waals surface area contributed by atoms with E-state index < -0.39 is 0 Å². The molecule has 0 aliphatic heterocycles. The lowest BCUT2D eigenvalue weighted by Gasteiger charge is -2.29. The molecule has 0 radical (unpaired) electrons. The van der Waals surface area contributed by atoms with E-state index in [4.69, 9.17) is 10.2 Å². The van der Waals surface area contributed by atoms with E-state index >= 15 is 0 Å². The first-order valence-electron chi connectivity index (χ1n) is 6.74. The molecular weight excluding hydrogens is 316 g/mol. The van der Waals surface area contributed by atoms with E-state index in [9.17, 15) is 0 Å². The largest absolute Gasteiger partial charge is 0.465 e. The molecule has 0 saturated heterocycles. The topological polar surface area (TPSA) is 42.4 Å². The molecule has 1 aromatic heterocycles. The zero-order valence-electron chi connectivity index (χ0n) is 12.1. The van der Waals surface area contributed by atoms with Gasteiger partial charge in [-0.3, -0.25) is 4.90 Å². The predicted molar refractivity (Wildman–Crippen MR) is 85.4 cm³/mol. The zero-order chi connectivity index (χ0) is 14.7. The minimum Gasteiger partial charge on any atom is -0.465 e. The van der Waals surface area contributed by atoms with Gasteiger partial charge in [0.1, 0.15) is 11.5 Å². The molecule has 3 nitrogen and oxygen atoms in total. The van der Waals surface area contributed by atoms with Crippen LogP contribution in [0.15, 0.2) is 45.3 Å². The minimum atomic E-state index is -0.00213. The monoisotopic (exact) mass is 336 g/mol. The van der Waals surface area contributed by atoms with Gasteiger partial charge in [-0.15, -0.1) is 0 Å². The molecule has 0 bridgehead atoms. The maximum absolute atomic E-state index is 6.15. The normalized spacial score (nSPS) is 14.5. The highest BCUT2D eigenvalue weighted by atomic mass is 79.9. The molecule has 20 heavy (non-hydrogen) atoms. The van der Waals surface area contributed by atoms with Gasteiger partial charge in [0.2, 0.25) is 0 Å². The summed E-state index contributed by atoms with van der Waals surface area (Å²) >= 11 is 3.50. The summed E-state index contributed by atoms with van der Waals surface area (Å²) in [7, 11) is 2.08. The Morgan fingerprint density at radius 3 is 2.60 bits per heavy atom. The molecule has 0 aliphatic carbocycles. The molecule has 1 heterocycles. The molecule has 0 saturated carbocycles. The summed E-state index contributed by atoms with van der Waals surface area (Å²) in [4.78, 5) is 2.23. The Bertz CT molecular complexity index is 565. The van der Waals surface area contributed by atoms with Crippen molar-refractivity contribution in [3.63, 3.8) is 0 Å². The first-order chi connectivity index (χ1) is 9.47. The van der Waals surface area contributed by atoms with Crippen LogP contribution in [0.2, 0.25) is 0 Å². The van der Waals surface area contributed by atoms with Gasteiger partial charge < -0.3 is 10.2 Å². The fourth-order valence-corrected chi connectivity index (χ4v) is 2.96. The SMILES string of the molecule is Cc1ccc(C(C(C)N)N(C)Cc2cccc(Br)c2)o1. The van der Waals surface area contributed by atoms with E-state index in [1.54, 1.807) is 0 Å². The summed E-state index contributed by atoms with van der Waals surface area (Å²) in [6.45, 7) is 4.79. The van der Waals surface area contributed by atoms with Crippen molar-refractivity contribution in [3.8, 4) is 0 Å². The Morgan fingerprint density at radius 1 is 1.30 bits per heavy atom. The van der Waals surface area contributed by atoms with Crippen molar-refractivity contribution >= 4 is 15.9 Å². The third-order valence-corrected chi connectivity index (χ3v) is 3.84. The van der Waals surface area contributed by atoms with Crippen molar-refractivity contribution in [2.75, 3.05) is 7.05 Å². The van der Waals surface area contributed by atoms with Gasteiger partial charge in [-0.1, -0.05) is 28.1 Å². The molecule has 0 spiro atoms. The Labute approximate surface area is 128 Å². The van der Waals surface area contributed by atoms with Crippen LogP contribution in [0.3, 0.4) is 0 Å². The molecule has 0 aliphatic rings. The highest BCUT2D eigenvalue weighted by Gasteiger charge is 2.24. The second kappa shape index (κ2) is 6.57. The second-order valence-corrected chi connectivity index (χ2v) is 6.21. The van der Waals surface area contributed by atoms with Gasteiger partial charge in [0, 0.05) is 17.1 Å². The Balaban J connectivity index is 2.17. The lowest BCUT2D eigenvalue weighted by molar-refractivity contribution is 0.182. The summed E-state index contributed by atoms with van der Waals surface area (Å²) in [5.41, 5.74) is 7.40. The van der Waals surface area contributed by atoms with Crippen LogP contribution in [0.4, 0.5) is 0 Å². The molecule has 2 aromatic rings. The fourth-order valence-electron chi connectivity index (χ4n) is 2.51. The van der Waals surface area contributed by atoms with Gasteiger partial charge in [0.15, 0.2) is 0 Å². The first kappa shape index (κ1) is 15.3. The average molecular weight is 337 g/mol. The zero-order valence-corrected chi connectivity index (χ0v) is 13.7. The number of rotatable bonds is 5. The number of benzene rings is 1. The number of nitrogens with two attached hydrogens (primary N) is 1. The fraction of sp³-hybridized carbons (Fsp3) is 0.375. The van der Waals surface area contributed by atoms with Crippen LogP contribution in [-0.2, 0) is 6.54 Å². The highest BCUT2D eigenvalue weighted by Crippen LogP contribution is 2.26. The molecule has 108 valence electrons. The van der Waals surface area contributed by atoms with E-state index in [1.807, 2.05) is 38.1 Å². The number of nitrogens with zero attached hydrogens (tertiary/aromatic N) is 1. The average Bonchev–Trinajstić information content (AvgIpc) is 2.75. The molecule has 0 amide bonds. The van der Waals surface area contributed by atoms with Crippen molar-refractivity contribution < 1.29 is 4.42 Å². The van der Waals surface area contributed by atoms with Gasteiger partial charge in [0.05, 0.1) is 6.04 Å². The van der Waals surface area contributed by atoms with Crippen LogP contribution >= 0.6 is 15.9 Å². The van der Waals surface area contributed by atoms with Gasteiger partial charge in [-0.05, 0) is 50.7 Å². The van der Waals surface area contributed by atoms with Crippen LogP contribution in [0, 0.1) is 6.92 Å². The Morgan fingerprint density at radius 2 is 2.05 bits per heavy atom. The molecule has 4 heteroatoms. The van der Waals surface area contributed by atoms with Crippen molar-refractivity contribution in [1.82, 2.24) is 4.90 Å². The quantitative estimate of drug-likeness (QED) is 0.901. The molecule has 0 fully saturated rings. The molecular formula is C16H21BrN2O. The predicted octanol–water partition coefficient (Wildman–Crippen LogP) is 3.87. The van der Waals surface area contributed by atoms with E-state index in [-0.39, 0.29) is 12.1 Å². The van der Waals surface area contributed by atoms with E-state index in [2.05, 4.69) is 40.0 Å². The standard InChI is InChI=1S/C16H21BrN2O/c1-11-7-8-15(20-11)16(12(2)18)19(3)10-13-5-4-6-14(17)9-13/h4-9,12,16H,10,18H2,1-3H3. The number of hydrogen-bond acceptors (Lipinski definition) is 3. The minimum absolute atomic E-state index is 0.00213.